The fraction of sp³-hybridized carbons (Fsp3) is 0.294. The summed E-state index contributed by atoms with van der Waals surface area (Å²) in [6, 6.07) is 3.28. The number of terminal acetylenes is 1. The zero-order valence-electron chi connectivity index (χ0n) is 12.8. The van der Waals surface area contributed by atoms with Crippen LogP contribution in [-0.4, -0.2) is 17.9 Å². The van der Waals surface area contributed by atoms with Crippen molar-refractivity contribution in [3.8, 4) is 18.1 Å². The van der Waals surface area contributed by atoms with Gasteiger partial charge in [0.1, 0.15) is 17.2 Å². The summed E-state index contributed by atoms with van der Waals surface area (Å²) in [5.41, 5.74) is -0.0401. The van der Waals surface area contributed by atoms with E-state index in [0.29, 0.717) is 17.2 Å². The Morgan fingerprint density at radius 1 is 1.52 bits per heavy atom. The maximum atomic E-state index is 11.5. The highest BCUT2D eigenvalue weighted by molar-refractivity contribution is 5.92. The second-order valence-corrected chi connectivity index (χ2v) is 4.95. The Kier molecular flexibility index (Phi) is 5.74. The molecule has 110 valence electrons. The number of amides is 1. The van der Waals surface area contributed by atoms with Crippen LogP contribution >= 0.6 is 0 Å². The second-order valence-electron chi connectivity index (χ2n) is 4.95. The number of nitrogens with zero attached hydrogens (tertiary/aromatic N) is 1. The van der Waals surface area contributed by atoms with E-state index in [4.69, 9.17) is 11.2 Å². The zero-order chi connectivity index (χ0) is 15.9. The van der Waals surface area contributed by atoms with Crippen molar-refractivity contribution in [2.75, 3.05) is 7.05 Å². The molecule has 1 N–H and O–H groups in total. The molecule has 1 rings (SSSR count). The molecule has 0 bridgehead atoms. The molecular formula is C17H20N2O2. The number of carbonyl (C=O) groups is 1. The predicted octanol–water partition coefficient (Wildman–Crippen LogP) is 2.94. The monoisotopic (exact) mass is 284 g/mol. The van der Waals surface area contributed by atoms with E-state index < -0.39 is 0 Å². The van der Waals surface area contributed by atoms with Gasteiger partial charge in [0.25, 0.3) is 5.91 Å². The van der Waals surface area contributed by atoms with Gasteiger partial charge >= 0.3 is 0 Å². The summed E-state index contributed by atoms with van der Waals surface area (Å²) in [4.78, 5) is 15.5. The number of allylic oxidation sites excluding steroid dienone is 3. The van der Waals surface area contributed by atoms with Crippen LogP contribution in [0.15, 0.2) is 42.3 Å². The number of aromatic nitrogens is 1. The number of rotatable bonds is 5. The Balaban J connectivity index is 2.89. The molecule has 0 unspecified atom stereocenters. The molecule has 4 heteroatoms. The van der Waals surface area contributed by atoms with Crippen molar-refractivity contribution in [2.45, 2.75) is 20.8 Å². The number of carbonyl (C=O) groups excluding carboxylic acids is 1. The van der Waals surface area contributed by atoms with Crippen molar-refractivity contribution in [3.05, 3.63) is 48.0 Å². The van der Waals surface area contributed by atoms with E-state index >= 15 is 0 Å². The minimum atomic E-state index is -0.344. The molecule has 0 saturated carbocycles. The van der Waals surface area contributed by atoms with Gasteiger partial charge in [0.15, 0.2) is 0 Å². The molecule has 1 amide bonds. The molecule has 0 spiro atoms. The highest BCUT2D eigenvalue weighted by Crippen LogP contribution is 2.19. The van der Waals surface area contributed by atoms with E-state index in [-0.39, 0.29) is 11.3 Å². The molecule has 0 saturated heterocycles. The number of nitrogens with one attached hydrogen (secondary N) is 1. The highest BCUT2D eigenvalue weighted by atomic mass is 16.5. The van der Waals surface area contributed by atoms with E-state index in [0.717, 1.165) is 0 Å². The van der Waals surface area contributed by atoms with Crippen LogP contribution in [0.3, 0.4) is 0 Å². The van der Waals surface area contributed by atoms with Crippen LogP contribution in [0.4, 0.5) is 0 Å². The lowest BCUT2D eigenvalue weighted by atomic mass is 9.94. The zero-order valence-corrected chi connectivity index (χ0v) is 12.8. The van der Waals surface area contributed by atoms with E-state index in [1.165, 1.54) is 6.20 Å². The first-order chi connectivity index (χ1) is 9.91. The van der Waals surface area contributed by atoms with Gasteiger partial charge in [-0.15, -0.1) is 6.42 Å². The predicted molar refractivity (Wildman–Crippen MR) is 83.8 cm³/mol. The van der Waals surface area contributed by atoms with Crippen LogP contribution in [0.5, 0.6) is 5.75 Å². The molecule has 4 nitrogen and oxygen atoms in total. The van der Waals surface area contributed by atoms with Crippen molar-refractivity contribution >= 4 is 5.91 Å². The van der Waals surface area contributed by atoms with Gasteiger partial charge in [-0.1, -0.05) is 12.0 Å². The molecule has 0 radical (unpaired) electrons. The Bertz CT molecular complexity index is 607. The van der Waals surface area contributed by atoms with E-state index in [9.17, 15) is 4.79 Å². The molecule has 0 fully saturated rings. The Morgan fingerprint density at radius 3 is 2.81 bits per heavy atom. The lowest BCUT2D eigenvalue weighted by molar-refractivity contribution is 0.0958. The van der Waals surface area contributed by atoms with Crippen LogP contribution in [0.2, 0.25) is 0 Å². The molecule has 21 heavy (non-hydrogen) atoms. The van der Waals surface area contributed by atoms with E-state index in [1.54, 1.807) is 19.2 Å². The van der Waals surface area contributed by atoms with Crippen molar-refractivity contribution in [3.63, 3.8) is 0 Å². The number of pyridine rings is 1. The van der Waals surface area contributed by atoms with Crippen molar-refractivity contribution in [1.82, 2.24) is 10.3 Å². The molecule has 0 aliphatic heterocycles. The van der Waals surface area contributed by atoms with Crippen molar-refractivity contribution in [2.24, 2.45) is 5.41 Å². The molecule has 0 aromatic carbocycles. The van der Waals surface area contributed by atoms with Gasteiger partial charge in [-0.2, -0.15) is 0 Å². The fourth-order valence-electron chi connectivity index (χ4n) is 1.39. The number of hydrogen-bond donors (Lipinski definition) is 1. The third-order valence-electron chi connectivity index (χ3n) is 2.75. The molecular weight excluding hydrogens is 264 g/mol. The number of hydrogen-bond acceptors (Lipinski definition) is 3. The van der Waals surface area contributed by atoms with Gasteiger partial charge in [-0.05, 0) is 39.0 Å². The maximum Gasteiger partial charge on any atom is 0.269 e. The normalized spacial score (nSPS) is 12.0. The first-order valence-electron chi connectivity index (χ1n) is 6.61. The van der Waals surface area contributed by atoms with Crippen molar-refractivity contribution in [1.29, 1.82) is 0 Å². The van der Waals surface area contributed by atoms with Gasteiger partial charge < -0.3 is 10.1 Å². The van der Waals surface area contributed by atoms with E-state index in [2.05, 4.69) is 16.2 Å². The molecule has 1 heterocycles. The smallest absolute Gasteiger partial charge is 0.269 e. The standard InChI is InChI=1S/C17H20N2O2/c1-6-13(8-10-17(3,4)7-2)21-14-9-11-19-15(12-14)16(20)18-5/h2,6,8-12H,1,3-5H3,(H,18,20)/b10-8-,13-6+. The lowest BCUT2D eigenvalue weighted by Gasteiger charge is -2.12. The third kappa shape index (κ3) is 5.15. The first kappa shape index (κ1) is 16.5. The summed E-state index contributed by atoms with van der Waals surface area (Å²) in [7, 11) is 1.56. The highest BCUT2D eigenvalue weighted by Gasteiger charge is 2.10. The van der Waals surface area contributed by atoms with Crippen LogP contribution in [0.25, 0.3) is 0 Å². The van der Waals surface area contributed by atoms with Gasteiger partial charge in [-0.25, -0.2) is 0 Å². The van der Waals surface area contributed by atoms with Gasteiger partial charge in [0, 0.05) is 24.7 Å². The molecule has 0 aliphatic carbocycles. The molecule has 1 aromatic rings. The molecule has 1 aromatic heterocycles. The van der Waals surface area contributed by atoms with E-state index in [1.807, 2.05) is 39.0 Å². The number of ether oxygens (including phenoxy) is 1. The van der Waals surface area contributed by atoms with Gasteiger partial charge in [0.2, 0.25) is 0 Å². The average molecular weight is 284 g/mol. The topological polar surface area (TPSA) is 51.2 Å². The lowest BCUT2D eigenvalue weighted by Crippen LogP contribution is -2.19. The minimum absolute atomic E-state index is 0.258. The first-order valence-corrected chi connectivity index (χ1v) is 6.61. The van der Waals surface area contributed by atoms with Gasteiger partial charge in [-0.3, -0.25) is 9.78 Å². The minimum Gasteiger partial charge on any atom is -0.458 e. The molecule has 0 atom stereocenters. The summed E-state index contributed by atoms with van der Waals surface area (Å²) >= 11 is 0. The third-order valence-corrected chi connectivity index (χ3v) is 2.75. The summed E-state index contributed by atoms with van der Waals surface area (Å²) in [5.74, 6) is 3.61. The summed E-state index contributed by atoms with van der Waals surface area (Å²) < 4.78 is 5.72. The summed E-state index contributed by atoms with van der Waals surface area (Å²) in [6.07, 6.45) is 12.5. The van der Waals surface area contributed by atoms with Crippen LogP contribution in [0, 0.1) is 17.8 Å². The fourth-order valence-corrected chi connectivity index (χ4v) is 1.39. The summed E-state index contributed by atoms with van der Waals surface area (Å²) in [6.45, 7) is 5.74. The van der Waals surface area contributed by atoms with Crippen LogP contribution < -0.4 is 10.1 Å². The Morgan fingerprint density at radius 2 is 2.24 bits per heavy atom. The quantitative estimate of drug-likeness (QED) is 0.514. The van der Waals surface area contributed by atoms with Crippen LogP contribution in [0.1, 0.15) is 31.3 Å². The maximum absolute atomic E-state index is 11.5. The second kappa shape index (κ2) is 7.30. The average Bonchev–Trinajstić information content (AvgIpc) is 2.50. The SMILES string of the molecule is C#CC(C)(C)/C=C\C(=C/C)Oc1ccnc(C(=O)NC)c1. The Hall–Kier alpha value is -2.54. The largest absolute Gasteiger partial charge is 0.458 e. The van der Waals surface area contributed by atoms with Crippen LogP contribution in [-0.2, 0) is 0 Å². The molecule has 0 aliphatic rings. The van der Waals surface area contributed by atoms with Gasteiger partial charge in [0.05, 0.1) is 0 Å². The van der Waals surface area contributed by atoms with Crippen molar-refractivity contribution < 1.29 is 9.53 Å². The summed E-state index contributed by atoms with van der Waals surface area (Å²) in [5, 5.41) is 2.52. The Labute approximate surface area is 125 Å².